The summed E-state index contributed by atoms with van der Waals surface area (Å²) >= 11 is 0. The second-order valence-corrected chi connectivity index (χ2v) is 11.2. The van der Waals surface area contributed by atoms with Crippen LogP contribution < -0.4 is 10.1 Å². The Labute approximate surface area is 211 Å². The van der Waals surface area contributed by atoms with Crippen LogP contribution in [-0.2, 0) is 11.0 Å². The molecule has 2 aromatic carbocycles. The SMILES string of the molecule is CC[C@@H](N[C@@H]1C[C@H](C(=O)O)C1(C)C)c1ccc2ccc(O[C@H]3CC[C@@H](CC)CC3)c(C(F)(F)F)c2c1. The normalized spacial score (nSPS) is 26.9. The Morgan fingerprint density at radius 2 is 1.81 bits per heavy atom. The van der Waals surface area contributed by atoms with Crippen LogP contribution in [0.25, 0.3) is 10.8 Å². The van der Waals surface area contributed by atoms with Gasteiger partial charge in [-0.2, -0.15) is 13.2 Å². The lowest BCUT2D eigenvalue weighted by Gasteiger charge is -2.51. The van der Waals surface area contributed by atoms with E-state index >= 15 is 0 Å². The third-order valence-electron chi connectivity index (χ3n) is 8.73. The molecule has 0 aliphatic heterocycles. The molecule has 0 radical (unpaired) electrons. The Balaban J connectivity index is 1.63. The lowest BCUT2D eigenvalue weighted by molar-refractivity contribution is -0.155. The third kappa shape index (κ3) is 5.22. The van der Waals surface area contributed by atoms with E-state index in [0.29, 0.717) is 24.1 Å². The average molecular weight is 506 g/mol. The molecule has 2 saturated carbocycles. The highest BCUT2D eigenvalue weighted by molar-refractivity contribution is 5.89. The first-order valence-electron chi connectivity index (χ1n) is 13.2. The number of alkyl halides is 3. The van der Waals surface area contributed by atoms with E-state index in [4.69, 9.17) is 4.74 Å². The van der Waals surface area contributed by atoms with Gasteiger partial charge in [-0.05, 0) is 78.3 Å². The van der Waals surface area contributed by atoms with Crippen molar-refractivity contribution in [3.63, 3.8) is 0 Å². The fraction of sp³-hybridized carbons (Fsp3) is 0.621. The van der Waals surface area contributed by atoms with Gasteiger partial charge in [-0.3, -0.25) is 4.79 Å². The highest BCUT2D eigenvalue weighted by Gasteiger charge is 2.52. The zero-order chi connectivity index (χ0) is 26.3. The number of nitrogens with one attached hydrogen (secondary N) is 1. The van der Waals surface area contributed by atoms with E-state index in [1.165, 1.54) is 6.07 Å². The summed E-state index contributed by atoms with van der Waals surface area (Å²) in [6.45, 7) is 8.00. The minimum atomic E-state index is -4.55. The second-order valence-electron chi connectivity index (χ2n) is 11.2. The van der Waals surface area contributed by atoms with Gasteiger partial charge >= 0.3 is 12.1 Å². The lowest BCUT2D eigenvalue weighted by atomic mass is 9.58. The van der Waals surface area contributed by atoms with Gasteiger partial charge in [0.05, 0.1) is 12.0 Å². The molecule has 0 spiro atoms. The van der Waals surface area contributed by atoms with E-state index in [9.17, 15) is 23.1 Å². The number of hydrogen-bond donors (Lipinski definition) is 2. The van der Waals surface area contributed by atoms with Gasteiger partial charge < -0.3 is 15.2 Å². The van der Waals surface area contributed by atoms with Crippen LogP contribution in [0.2, 0.25) is 0 Å². The van der Waals surface area contributed by atoms with E-state index in [0.717, 1.165) is 37.7 Å². The molecule has 7 heteroatoms. The summed E-state index contributed by atoms with van der Waals surface area (Å²) in [5.41, 5.74) is -0.361. The first-order chi connectivity index (χ1) is 17.0. The molecule has 0 aromatic heterocycles. The molecule has 0 saturated heterocycles. The second kappa shape index (κ2) is 10.2. The molecule has 2 fully saturated rings. The number of benzene rings is 2. The number of ether oxygens (including phenoxy) is 1. The number of carbonyl (C=O) groups is 1. The highest BCUT2D eigenvalue weighted by atomic mass is 19.4. The van der Waals surface area contributed by atoms with Gasteiger partial charge in [0.15, 0.2) is 0 Å². The van der Waals surface area contributed by atoms with E-state index < -0.39 is 29.0 Å². The molecule has 36 heavy (non-hydrogen) atoms. The zero-order valence-corrected chi connectivity index (χ0v) is 21.6. The number of halogens is 3. The van der Waals surface area contributed by atoms with Crippen molar-refractivity contribution in [1.29, 1.82) is 0 Å². The van der Waals surface area contributed by atoms with E-state index in [-0.39, 0.29) is 29.3 Å². The number of hydrogen-bond acceptors (Lipinski definition) is 3. The molecule has 2 aliphatic carbocycles. The third-order valence-corrected chi connectivity index (χ3v) is 8.73. The number of carboxylic acid groups (broad SMARTS) is 1. The largest absolute Gasteiger partial charge is 0.490 e. The standard InChI is InChI=1S/C29H38F3NO3/c1-5-17-7-12-20(13-8-17)36-24-14-11-18-9-10-19(15-21(18)26(24)29(30,31)32)23(6-2)33-25-16-22(27(34)35)28(25,3)4/h9-11,14-15,17,20,22-23,25,33H,5-8,12-13,16H2,1-4H3,(H,34,35)/t17-,20+,22-,23-,25-/m1/s1. The Morgan fingerprint density at radius 1 is 1.14 bits per heavy atom. The van der Waals surface area contributed by atoms with Crippen LogP contribution in [-0.4, -0.2) is 23.2 Å². The average Bonchev–Trinajstić information content (AvgIpc) is 2.82. The molecule has 0 unspecified atom stereocenters. The van der Waals surface area contributed by atoms with Gasteiger partial charge in [-0.25, -0.2) is 0 Å². The molecular formula is C29H38F3NO3. The smallest absolute Gasteiger partial charge is 0.420 e. The Kier molecular flexibility index (Phi) is 7.61. The molecule has 4 nitrogen and oxygen atoms in total. The van der Waals surface area contributed by atoms with E-state index in [1.54, 1.807) is 18.2 Å². The maximum atomic E-state index is 14.4. The van der Waals surface area contributed by atoms with Gasteiger partial charge in [-0.1, -0.05) is 52.3 Å². The van der Waals surface area contributed by atoms with Crippen LogP contribution in [0.5, 0.6) is 5.75 Å². The van der Waals surface area contributed by atoms with Crippen molar-refractivity contribution in [3.05, 3.63) is 41.5 Å². The summed E-state index contributed by atoms with van der Waals surface area (Å²) in [6.07, 6.45) is 1.09. The summed E-state index contributed by atoms with van der Waals surface area (Å²) in [7, 11) is 0. The fourth-order valence-electron chi connectivity index (χ4n) is 6.08. The molecule has 4 rings (SSSR count). The lowest BCUT2D eigenvalue weighted by Crippen LogP contribution is -2.59. The summed E-state index contributed by atoms with van der Waals surface area (Å²) in [5.74, 6) is -0.677. The van der Waals surface area contributed by atoms with E-state index in [1.807, 2.05) is 26.8 Å². The highest BCUT2D eigenvalue weighted by Crippen LogP contribution is 2.48. The Bertz CT molecular complexity index is 1090. The molecule has 0 amide bonds. The fourth-order valence-corrected chi connectivity index (χ4v) is 6.08. The van der Waals surface area contributed by atoms with Crippen molar-refractivity contribution in [2.75, 3.05) is 0 Å². The van der Waals surface area contributed by atoms with Gasteiger partial charge in [-0.15, -0.1) is 0 Å². The van der Waals surface area contributed by atoms with E-state index in [2.05, 4.69) is 12.2 Å². The molecule has 3 atom stereocenters. The molecule has 2 aromatic rings. The quantitative estimate of drug-likeness (QED) is 0.385. The molecule has 2 aliphatic rings. The van der Waals surface area contributed by atoms with Gasteiger partial charge in [0.2, 0.25) is 0 Å². The summed E-state index contributed by atoms with van der Waals surface area (Å²) in [5, 5.41) is 13.6. The minimum absolute atomic E-state index is 0.0192. The van der Waals surface area contributed by atoms with Crippen LogP contribution in [0.1, 0.15) is 89.8 Å². The molecule has 0 heterocycles. The number of rotatable bonds is 8. The summed E-state index contributed by atoms with van der Waals surface area (Å²) < 4.78 is 49.2. The van der Waals surface area contributed by atoms with Crippen molar-refractivity contribution in [1.82, 2.24) is 5.32 Å². The van der Waals surface area contributed by atoms with Crippen LogP contribution in [0, 0.1) is 17.3 Å². The summed E-state index contributed by atoms with van der Waals surface area (Å²) in [6, 6.07) is 8.23. The zero-order valence-electron chi connectivity index (χ0n) is 21.6. The van der Waals surface area contributed by atoms with Crippen LogP contribution >= 0.6 is 0 Å². The van der Waals surface area contributed by atoms with Crippen molar-refractivity contribution < 1.29 is 27.8 Å². The predicted octanol–water partition coefficient (Wildman–Crippen LogP) is 7.75. The van der Waals surface area contributed by atoms with Gasteiger partial charge in [0.1, 0.15) is 11.3 Å². The van der Waals surface area contributed by atoms with Gasteiger partial charge in [0.25, 0.3) is 0 Å². The van der Waals surface area contributed by atoms with Crippen molar-refractivity contribution >= 4 is 16.7 Å². The number of carboxylic acids is 1. The van der Waals surface area contributed by atoms with Crippen LogP contribution in [0.4, 0.5) is 13.2 Å². The maximum absolute atomic E-state index is 14.4. The van der Waals surface area contributed by atoms with Crippen molar-refractivity contribution in [2.24, 2.45) is 17.3 Å². The Morgan fingerprint density at radius 3 is 2.36 bits per heavy atom. The number of aliphatic carboxylic acids is 1. The number of fused-ring (bicyclic) bond motifs is 1. The van der Waals surface area contributed by atoms with Gasteiger partial charge in [0, 0.05) is 12.1 Å². The molecule has 0 bridgehead atoms. The first-order valence-corrected chi connectivity index (χ1v) is 13.2. The Hall–Kier alpha value is -2.28. The molecule has 2 N–H and O–H groups in total. The topological polar surface area (TPSA) is 58.6 Å². The minimum Gasteiger partial charge on any atom is -0.490 e. The van der Waals surface area contributed by atoms with Crippen molar-refractivity contribution in [2.45, 2.75) is 97.0 Å². The van der Waals surface area contributed by atoms with Crippen LogP contribution in [0.15, 0.2) is 30.3 Å². The molecule has 198 valence electrons. The predicted molar refractivity (Wildman–Crippen MR) is 135 cm³/mol. The maximum Gasteiger partial charge on any atom is 0.420 e. The van der Waals surface area contributed by atoms with Crippen molar-refractivity contribution in [3.8, 4) is 5.75 Å². The summed E-state index contributed by atoms with van der Waals surface area (Å²) in [4.78, 5) is 11.5. The molecular weight excluding hydrogens is 467 g/mol. The monoisotopic (exact) mass is 505 g/mol. The first kappa shape index (κ1) is 26.8. The van der Waals surface area contributed by atoms with Crippen LogP contribution in [0.3, 0.4) is 0 Å².